The van der Waals surface area contributed by atoms with Crippen molar-refractivity contribution >= 4 is 27.5 Å². The molecule has 2 atom stereocenters. The summed E-state index contributed by atoms with van der Waals surface area (Å²) in [5.74, 6) is 0.785. The molecule has 1 aliphatic heterocycles. The van der Waals surface area contributed by atoms with Crippen molar-refractivity contribution in [3.05, 3.63) is 27.2 Å². The van der Waals surface area contributed by atoms with Gasteiger partial charge in [0.25, 0.3) is 0 Å². The number of ether oxygens (including phenoxy) is 1. The Labute approximate surface area is 90.1 Å². The van der Waals surface area contributed by atoms with Gasteiger partial charge in [-0.05, 0) is 35.0 Å². The molecule has 0 amide bonds. The highest BCUT2D eigenvalue weighted by Gasteiger charge is 2.31. The zero-order chi connectivity index (χ0) is 9.59. The summed E-state index contributed by atoms with van der Waals surface area (Å²) in [6, 6.07) is 3.57. The zero-order valence-electron chi connectivity index (χ0n) is 7.05. The fourth-order valence-electron chi connectivity index (χ4n) is 1.47. The smallest absolute Gasteiger partial charge is 0.140 e. The van der Waals surface area contributed by atoms with E-state index in [0.717, 1.165) is 15.8 Å². The van der Waals surface area contributed by atoms with E-state index in [9.17, 15) is 0 Å². The van der Waals surface area contributed by atoms with Crippen molar-refractivity contribution < 1.29 is 4.74 Å². The first kappa shape index (κ1) is 9.31. The number of nitrogens with two attached hydrogens (primary N) is 1. The normalized spacial score (nSPS) is 25.5. The summed E-state index contributed by atoms with van der Waals surface area (Å²) >= 11 is 9.42. The minimum Gasteiger partial charge on any atom is -0.487 e. The van der Waals surface area contributed by atoms with Gasteiger partial charge in [-0.15, -0.1) is 0 Å². The van der Waals surface area contributed by atoms with Crippen molar-refractivity contribution in [1.29, 1.82) is 0 Å². The summed E-state index contributed by atoms with van der Waals surface area (Å²) < 4.78 is 6.48. The van der Waals surface area contributed by atoms with Crippen molar-refractivity contribution in [2.75, 3.05) is 0 Å². The van der Waals surface area contributed by atoms with E-state index in [1.165, 1.54) is 0 Å². The molecule has 2 nitrogen and oxygen atoms in total. The monoisotopic (exact) mass is 261 g/mol. The Balaban J connectivity index is 2.61. The Morgan fingerprint density at radius 1 is 1.54 bits per heavy atom. The van der Waals surface area contributed by atoms with Crippen LogP contribution in [0.2, 0.25) is 5.02 Å². The predicted octanol–water partition coefficient (Wildman–Crippen LogP) is 2.88. The van der Waals surface area contributed by atoms with Gasteiger partial charge in [0.2, 0.25) is 0 Å². The van der Waals surface area contributed by atoms with Gasteiger partial charge >= 0.3 is 0 Å². The highest BCUT2D eigenvalue weighted by Crippen LogP contribution is 2.44. The van der Waals surface area contributed by atoms with Gasteiger partial charge in [-0.3, -0.25) is 0 Å². The van der Waals surface area contributed by atoms with Crippen molar-refractivity contribution in [2.45, 2.75) is 19.1 Å². The number of halogens is 2. The number of hydrogen-bond acceptors (Lipinski definition) is 2. The molecule has 2 unspecified atom stereocenters. The summed E-state index contributed by atoms with van der Waals surface area (Å²) in [4.78, 5) is 0. The van der Waals surface area contributed by atoms with Crippen LogP contribution in [0.5, 0.6) is 5.75 Å². The Morgan fingerprint density at radius 2 is 2.23 bits per heavy atom. The van der Waals surface area contributed by atoms with Crippen molar-refractivity contribution in [3.8, 4) is 5.75 Å². The van der Waals surface area contributed by atoms with Crippen LogP contribution in [0.1, 0.15) is 18.5 Å². The minimum atomic E-state index is -0.125. The molecule has 70 valence electrons. The summed E-state index contributed by atoms with van der Waals surface area (Å²) in [6.45, 7) is 1.94. The van der Waals surface area contributed by atoms with Gasteiger partial charge in [0.1, 0.15) is 11.9 Å². The lowest BCUT2D eigenvalue weighted by atomic mass is 10.1. The molecule has 1 aromatic rings. The Morgan fingerprint density at radius 3 is 2.85 bits per heavy atom. The van der Waals surface area contributed by atoms with Gasteiger partial charge in [-0.2, -0.15) is 0 Å². The first-order valence-electron chi connectivity index (χ1n) is 4.01. The van der Waals surface area contributed by atoms with Crippen molar-refractivity contribution in [2.24, 2.45) is 5.73 Å². The van der Waals surface area contributed by atoms with E-state index in [-0.39, 0.29) is 12.1 Å². The lowest BCUT2D eigenvalue weighted by Crippen LogP contribution is -2.21. The largest absolute Gasteiger partial charge is 0.487 e. The molecule has 1 aliphatic rings. The van der Waals surface area contributed by atoms with E-state index in [1.807, 2.05) is 19.1 Å². The highest BCUT2D eigenvalue weighted by atomic mass is 79.9. The molecule has 0 aromatic heterocycles. The summed E-state index contributed by atoms with van der Waals surface area (Å²) in [7, 11) is 0. The zero-order valence-corrected chi connectivity index (χ0v) is 9.39. The molecule has 0 spiro atoms. The molecule has 0 fully saturated rings. The maximum Gasteiger partial charge on any atom is 0.140 e. The quantitative estimate of drug-likeness (QED) is 0.780. The summed E-state index contributed by atoms with van der Waals surface area (Å²) in [6.07, 6.45) is -0.00815. The fourth-order valence-corrected chi connectivity index (χ4v) is 2.19. The molecular formula is C9H9BrClNO. The van der Waals surface area contributed by atoms with E-state index < -0.39 is 0 Å². The van der Waals surface area contributed by atoms with E-state index in [1.54, 1.807) is 0 Å². The fraction of sp³-hybridized carbons (Fsp3) is 0.333. The molecule has 0 bridgehead atoms. The van der Waals surface area contributed by atoms with E-state index in [4.69, 9.17) is 22.1 Å². The minimum absolute atomic E-state index is 0.00815. The topological polar surface area (TPSA) is 35.2 Å². The van der Waals surface area contributed by atoms with Crippen LogP contribution in [0.15, 0.2) is 16.6 Å². The molecule has 2 N–H and O–H groups in total. The number of rotatable bonds is 0. The average molecular weight is 263 g/mol. The number of benzene rings is 1. The molecule has 4 heteroatoms. The van der Waals surface area contributed by atoms with E-state index in [2.05, 4.69) is 15.9 Å². The lowest BCUT2D eigenvalue weighted by Gasteiger charge is -2.07. The van der Waals surface area contributed by atoms with Crippen molar-refractivity contribution in [3.63, 3.8) is 0 Å². The van der Waals surface area contributed by atoms with Crippen LogP contribution in [0, 0.1) is 0 Å². The van der Waals surface area contributed by atoms with Gasteiger partial charge in [0.15, 0.2) is 0 Å². The Kier molecular flexibility index (Phi) is 2.26. The number of hydrogen-bond donors (Lipinski definition) is 1. The predicted molar refractivity (Wildman–Crippen MR) is 56.2 cm³/mol. The Bertz CT molecular complexity index is 356. The second-order valence-electron chi connectivity index (χ2n) is 3.12. The first-order valence-corrected chi connectivity index (χ1v) is 5.18. The third-order valence-corrected chi connectivity index (χ3v) is 3.19. The lowest BCUT2D eigenvalue weighted by molar-refractivity contribution is 0.227. The van der Waals surface area contributed by atoms with Gasteiger partial charge in [0, 0.05) is 10.6 Å². The highest BCUT2D eigenvalue weighted by molar-refractivity contribution is 9.10. The van der Waals surface area contributed by atoms with Crippen LogP contribution in [0.3, 0.4) is 0 Å². The molecule has 0 aliphatic carbocycles. The van der Waals surface area contributed by atoms with Gasteiger partial charge < -0.3 is 10.5 Å². The number of fused-ring (bicyclic) bond motifs is 1. The van der Waals surface area contributed by atoms with Gasteiger partial charge in [-0.25, -0.2) is 0 Å². The second kappa shape index (κ2) is 3.15. The average Bonchev–Trinajstić information content (AvgIpc) is 2.38. The van der Waals surface area contributed by atoms with Crippen LogP contribution in [-0.2, 0) is 0 Å². The standard InChI is InChI=1S/C9H9BrClNO/c1-4-8(12)7-6(11)3-2-5(10)9(7)13-4/h2-4,8H,12H2,1H3. The molecular weight excluding hydrogens is 253 g/mol. The molecule has 0 radical (unpaired) electrons. The molecule has 0 saturated heterocycles. The molecule has 2 rings (SSSR count). The van der Waals surface area contributed by atoms with Crippen LogP contribution in [0.25, 0.3) is 0 Å². The second-order valence-corrected chi connectivity index (χ2v) is 4.38. The molecule has 13 heavy (non-hydrogen) atoms. The molecule has 1 aromatic carbocycles. The van der Waals surface area contributed by atoms with Crippen LogP contribution >= 0.6 is 27.5 Å². The van der Waals surface area contributed by atoms with Crippen LogP contribution in [0.4, 0.5) is 0 Å². The third kappa shape index (κ3) is 1.35. The maximum atomic E-state index is 6.02. The van der Waals surface area contributed by atoms with Gasteiger partial charge in [-0.1, -0.05) is 11.6 Å². The van der Waals surface area contributed by atoms with Crippen molar-refractivity contribution in [1.82, 2.24) is 0 Å². The molecule has 1 heterocycles. The Hall–Kier alpha value is -0.250. The third-order valence-electron chi connectivity index (χ3n) is 2.24. The van der Waals surface area contributed by atoms with E-state index in [0.29, 0.717) is 5.02 Å². The summed E-state index contributed by atoms with van der Waals surface area (Å²) in [5.41, 5.74) is 6.84. The first-order chi connectivity index (χ1) is 6.11. The van der Waals surface area contributed by atoms with Gasteiger partial charge in [0.05, 0.1) is 10.5 Å². The molecule has 0 saturated carbocycles. The van der Waals surface area contributed by atoms with Crippen LogP contribution in [-0.4, -0.2) is 6.10 Å². The SMILES string of the molecule is CC1Oc2c(Br)ccc(Cl)c2C1N. The maximum absolute atomic E-state index is 6.02. The summed E-state index contributed by atoms with van der Waals surface area (Å²) in [5, 5.41) is 0.676. The van der Waals surface area contributed by atoms with Crippen LogP contribution < -0.4 is 10.5 Å². The van der Waals surface area contributed by atoms with E-state index >= 15 is 0 Å².